The van der Waals surface area contributed by atoms with Crippen molar-refractivity contribution in [2.75, 3.05) is 6.54 Å². The highest BCUT2D eigenvalue weighted by molar-refractivity contribution is 5.83. The van der Waals surface area contributed by atoms with Crippen LogP contribution in [0.15, 0.2) is 4.79 Å². The molecule has 3 rings (SSSR count). The maximum absolute atomic E-state index is 12.3. The summed E-state index contributed by atoms with van der Waals surface area (Å²) in [5, 5.41) is 8.31. The van der Waals surface area contributed by atoms with E-state index in [1.165, 1.54) is 6.42 Å². The van der Waals surface area contributed by atoms with E-state index in [1.54, 1.807) is 4.68 Å². The molecule has 6 heteroatoms. The molecule has 2 atom stereocenters. The lowest BCUT2D eigenvalue weighted by atomic mass is 10.0. The van der Waals surface area contributed by atoms with Crippen LogP contribution in [0, 0.1) is 25.7 Å². The number of fused-ring (bicyclic) bond motifs is 1. The topological polar surface area (TPSA) is 79.8 Å². The van der Waals surface area contributed by atoms with Crippen LogP contribution in [0.25, 0.3) is 11.0 Å². The van der Waals surface area contributed by atoms with E-state index in [-0.39, 0.29) is 11.5 Å². The quantitative estimate of drug-likeness (QED) is 0.879. The SMILES string of the molecule is Cc1nn(C)c2[nH]c(=O)c(CCC(=O)NC[C@H]3C[C@@H]3C)c(C)c12. The number of carbonyl (C=O) groups excluding carboxylic acids is 1. The number of pyridine rings is 1. The molecule has 1 aliphatic carbocycles. The predicted octanol–water partition coefficient (Wildman–Crippen LogP) is 1.58. The minimum Gasteiger partial charge on any atom is -0.356 e. The normalized spacial score (nSPS) is 20.0. The third-order valence-corrected chi connectivity index (χ3v) is 5.00. The van der Waals surface area contributed by atoms with Crippen molar-refractivity contribution in [2.45, 2.75) is 40.0 Å². The fraction of sp³-hybridized carbons (Fsp3) is 0.588. The minimum atomic E-state index is -0.124. The summed E-state index contributed by atoms with van der Waals surface area (Å²) in [5.41, 5.74) is 3.12. The van der Waals surface area contributed by atoms with Crippen molar-refractivity contribution < 1.29 is 4.79 Å². The molecule has 23 heavy (non-hydrogen) atoms. The van der Waals surface area contributed by atoms with Gasteiger partial charge < -0.3 is 10.3 Å². The summed E-state index contributed by atoms with van der Waals surface area (Å²) in [6, 6.07) is 0. The molecule has 0 saturated heterocycles. The van der Waals surface area contributed by atoms with E-state index < -0.39 is 0 Å². The molecule has 1 aliphatic rings. The molecule has 0 radical (unpaired) electrons. The zero-order valence-corrected chi connectivity index (χ0v) is 14.2. The number of nitrogens with zero attached hydrogens (tertiary/aromatic N) is 2. The Morgan fingerprint density at radius 2 is 2.13 bits per heavy atom. The smallest absolute Gasteiger partial charge is 0.253 e. The average Bonchev–Trinajstić information content (AvgIpc) is 3.11. The Kier molecular flexibility index (Phi) is 4.00. The molecule has 1 saturated carbocycles. The maximum atomic E-state index is 12.3. The molecule has 2 heterocycles. The van der Waals surface area contributed by atoms with Gasteiger partial charge in [0.2, 0.25) is 5.91 Å². The second-order valence-corrected chi connectivity index (χ2v) is 6.77. The molecule has 0 aliphatic heterocycles. The lowest BCUT2D eigenvalue weighted by Crippen LogP contribution is -2.27. The van der Waals surface area contributed by atoms with Gasteiger partial charge in [0.05, 0.1) is 5.69 Å². The predicted molar refractivity (Wildman–Crippen MR) is 89.4 cm³/mol. The van der Waals surface area contributed by atoms with Gasteiger partial charge in [-0.15, -0.1) is 0 Å². The van der Waals surface area contributed by atoms with Crippen LogP contribution in [-0.4, -0.2) is 27.2 Å². The van der Waals surface area contributed by atoms with Gasteiger partial charge in [0.15, 0.2) is 0 Å². The van der Waals surface area contributed by atoms with Crippen molar-refractivity contribution in [1.29, 1.82) is 0 Å². The highest BCUT2D eigenvalue weighted by atomic mass is 16.1. The van der Waals surface area contributed by atoms with Crippen molar-refractivity contribution >= 4 is 16.9 Å². The summed E-state index contributed by atoms with van der Waals surface area (Å²) < 4.78 is 1.69. The third kappa shape index (κ3) is 3.02. The summed E-state index contributed by atoms with van der Waals surface area (Å²) in [5.74, 6) is 1.39. The van der Waals surface area contributed by atoms with Crippen molar-refractivity contribution in [3.63, 3.8) is 0 Å². The summed E-state index contributed by atoms with van der Waals surface area (Å²) in [6.45, 7) is 6.83. The second-order valence-electron chi connectivity index (χ2n) is 6.77. The first kappa shape index (κ1) is 15.8. The molecule has 0 spiro atoms. The Morgan fingerprint density at radius 1 is 1.43 bits per heavy atom. The van der Waals surface area contributed by atoms with Crippen LogP contribution in [0.5, 0.6) is 0 Å². The maximum Gasteiger partial charge on any atom is 0.253 e. The Labute approximate surface area is 135 Å². The number of H-pyrrole nitrogens is 1. The molecule has 2 aromatic heterocycles. The number of hydrogen-bond donors (Lipinski definition) is 2. The summed E-state index contributed by atoms with van der Waals surface area (Å²) >= 11 is 0. The average molecular weight is 316 g/mol. The van der Waals surface area contributed by atoms with Gasteiger partial charge in [0.25, 0.3) is 5.56 Å². The van der Waals surface area contributed by atoms with Gasteiger partial charge in [0, 0.05) is 31.0 Å². The first-order valence-corrected chi connectivity index (χ1v) is 8.20. The first-order chi connectivity index (χ1) is 10.9. The molecule has 0 aromatic carbocycles. The largest absolute Gasteiger partial charge is 0.356 e. The van der Waals surface area contributed by atoms with E-state index >= 15 is 0 Å². The van der Waals surface area contributed by atoms with Crippen molar-refractivity contribution in [3.8, 4) is 0 Å². The van der Waals surface area contributed by atoms with Crippen LogP contribution in [0.4, 0.5) is 0 Å². The lowest BCUT2D eigenvalue weighted by Gasteiger charge is -2.08. The van der Waals surface area contributed by atoms with Crippen LogP contribution in [0.1, 0.15) is 36.6 Å². The lowest BCUT2D eigenvalue weighted by molar-refractivity contribution is -0.121. The number of carbonyl (C=O) groups is 1. The molecule has 1 amide bonds. The van der Waals surface area contributed by atoms with Crippen molar-refractivity contribution in [2.24, 2.45) is 18.9 Å². The summed E-state index contributed by atoms with van der Waals surface area (Å²) in [4.78, 5) is 27.2. The first-order valence-electron chi connectivity index (χ1n) is 8.20. The zero-order chi connectivity index (χ0) is 16.7. The zero-order valence-electron chi connectivity index (χ0n) is 14.2. The number of rotatable bonds is 5. The standard InChI is InChI=1S/C17H24N4O2/c1-9-7-12(9)8-18-14(22)6-5-13-10(2)15-11(3)20-21(4)16(15)19-17(13)23/h9,12H,5-8H2,1-4H3,(H,18,22)(H,19,23)/t9-,12+/m0/s1. The molecule has 6 nitrogen and oxygen atoms in total. The second kappa shape index (κ2) is 5.83. The molecule has 1 fully saturated rings. The van der Waals surface area contributed by atoms with Gasteiger partial charge in [-0.3, -0.25) is 14.3 Å². The van der Waals surface area contributed by atoms with Gasteiger partial charge in [0.1, 0.15) is 5.65 Å². The Bertz CT molecular complexity index is 818. The van der Waals surface area contributed by atoms with Crippen LogP contribution >= 0.6 is 0 Å². The number of nitrogens with one attached hydrogen (secondary N) is 2. The molecular weight excluding hydrogens is 292 g/mol. The van der Waals surface area contributed by atoms with E-state index in [4.69, 9.17) is 0 Å². The van der Waals surface area contributed by atoms with E-state index in [2.05, 4.69) is 22.3 Å². The fourth-order valence-electron chi connectivity index (χ4n) is 3.31. The van der Waals surface area contributed by atoms with Gasteiger partial charge in [-0.1, -0.05) is 6.92 Å². The van der Waals surface area contributed by atoms with Gasteiger partial charge >= 0.3 is 0 Å². The summed E-state index contributed by atoms with van der Waals surface area (Å²) in [7, 11) is 1.82. The van der Waals surface area contributed by atoms with Gasteiger partial charge in [-0.05, 0) is 44.1 Å². The van der Waals surface area contributed by atoms with Crippen LogP contribution < -0.4 is 10.9 Å². The van der Waals surface area contributed by atoms with Crippen LogP contribution in [0.3, 0.4) is 0 Å². The van der Waals surface area contributed by atoms with E-state index in [9.17, 15) is 9.59 Å². The molecule has 2 aromatic rings. The van der Waals surface area contributed by atoms with Crippen LogP contribution in [0.2, 0.25) is 0 Å². The van der Waals surface area contributed by atoms with Crippen molar-refractivity contribution in [1.82, 2.24) is 20.1 Å². The summed E-state index contributed by atoms with van der Waals surface area (Å²) in [6.07, 6.45) is 2.00. The molecule has 0 bridgehead atoms. The monoisotopic (exact) mass is 316 g/mol. The molecular formula is C17H24N4O2. The fourth-order valence-corrected chi connectivity index (χ4v) is 3.31. The number of hydrogen-bond acceptors (Lipinski definition) is 3. The molecule has 0 unspecified atom stereocenters. The van der Waals surface area contributed by atoms with E-state index in [1.807, 2.05) is 20.9 Å². The van der Waals surface area contributed by atoms with Gasteiger partial charge in [-0.2, -0.15) is 5.10 Å². The highest BCUT2D eigenvalue weighted by Crippen LogP contribution is 2.36. The Morgan fingerprint density at radius 3 is 2.78 bits per heavy atom. The molecule has 124 valence electrons. The molecule has 2 N–H and O–H groups in total. The van der Waals surface area contributed by atoms with E-state index in [0.717, 1.165) is 34.8 Å². The Balaban J connectivity index is 1.73. The third-order valence-electron chi connectivity index (χ3n) is 5.00. The number of aromatic nitrogens is 3. The van der Waals surface area contributed by atoms with Crippen LogP contribution in [-0.2, 0) is 18.3 Å². The Hall–Kier alpha value is -2.11. The minimum absolute atomic E-state index is 0.0194. The number of aromatic amines is 1. The van der Waals surface area contributed by atoms with Crippen molar-refractivity contribution in [3.05, 3.63) is 27.2 Å². The van der Waals surface area contributed by atoms with E-state index in [0.29, 0.717) is 24.3 Å². The number of aryl methyl sites for hydroxylation is 3. The number of amides is 1. The highest BCUT2D eigenvalue weighted by Gasteiger charge is 2.32. The van der Waals surface area contributed by atoms with Gasteiger partial charge in [-0.25, -0.2) is 0 Å².